The van der Waals surface area contributed by atoms with E-state index in [4.69, 9.17) is 5.41 Å². The maximum atomic E-state index is 8.55. The molecule has 0 aliphatic heterocycles. The van der Waals surface area contributed by atoms with Crippen molar-refractivity contribution in [1.29, 1.82) is 5.41 Å². The zero-order valence-corrected chi connectivity index (χ0v) is 12.5. The Bertz CT molecular complexity index is 848. The van der Waals surface area contributed by atoms with Gasteiger partial charge in [0.25, 0.3) is 0 Å². The van der Waals surface area contributed by atoms with Crippen molar-refractivity contribution in [2.24, 2.45) is 0 Å². The molecule has 0 spiro atoms. The van der Waals surface area contributed by atoms with Crippen molar-refractivity contribution in [2.75, 3.05) is 0 Å². The first-order chi connectivity index (χ1) is 10.3. The monoisotopic (exact) mass is 296 g/mol. The third-order valence-electron chi connectivity index (χ3n) is 4.07. The minimum absolute atomic E-state index is 0.586. The molecule has 0 atom stereocenters. The Balaban J connectivity index is 1.84. The first-order valence-corrected chi connectivity index (χ1v) is 8.08. The van der Waals surface area contributed by atoms with Crippen LogP contribution in [0.5, 0.6) is 0 Å². The zero-order valence-electron chi connectivity index (χ0n) is 11.7. The van der Waals surface area contributed by atoms with Gasteiger partial charge in [-0.25, -0.2) is 4.98 Å². The number of hydrogen-bond donors (Lipinski definition) is 1. The summed E-state index contributed by atoms with van der Waals surface area (Å²) in [7, 11) is 0. The Morgan fingerprint density at radius 2 is 2.19 bits per heavy atom. The van der Waals surface area contributed by atoms with Gasteiger partial charge < -0.3 is 4.57 Å². The highest BCUT2D eigenvalue weighted by atomic mass is 32.1. The van der Waals surface area contributed by atoms with Crippen LogP contribution in [0.3, 0.4) is 0 Å². The van der Waals surface area contributed by atoms with Crippen molar-refractivity contribution >= 4 is 21.6 Å². The molecule has 3 aromatic rings. The smallest absolute Gasteiger partial charge is 0.136 e. The minimum Gasteiger partial charge on any atom is -0.312 e. The van der Waals surface area contributed by atoms with Crippen molar-refractivity contribution in [2.45, 2.75) is 32.2 Å². The van der Waals surface area contributed by atoms with Crippen LogP contribution >= 0.6 is 11.3 Å². The van der Waals surface area contributed by atoms with Crippen LogP contribution in [0, 0.1) is 5.41 Å². The van der Waals surface area contributed by atoms with Crippen molar-refractivity contribution in [3.05, 3.63) is 52.3 Å². The fourth-order valence-electron chi connectivity index (χ4n) is 3.02. The Morgan fingerprint density at radius 3 is 3.05 bits per heavy atom. The van der Waals surface area contributed by atoms with Gasteiger partial charge in [-0.05, 0) is 42.9 Å². The quantitative estimate of drug-likeness (QED) is 0.790. The molecule has 0 bridgehead atoms. The summed E-state index contributed by atoms with van der Waals surface area (Å²) in [5.74, 6) is 0. The Labute approximate surface area is 126 Å². The fourth-order valence-corrected chi connectivity index (χ4v) is 4.25. The summed E-state index contributed by atoms with van der Waals surface area (Å²) in [4.78, 5) is 11.2. The summed E-state index contributed by atoms with van der Waals surface area (Å²) in [6.07, 6.45) is 10.2. The molecule has 0 fully saturated rings. The number of nitrogens with zero attached hydrogens (tertiary/aromatic N) is 3. The number of thiophene rings is 1. The second-order valence-electron chi connectivity index (χ2n) is 5.47. The van der Waals surface area contributed by atoms with Gasteiger partial charge in [-0.1, -0.05) is 6.07 Å². The van der Waals surface area contributed by atoms with Gasteiger partial charge in [-0.15, -0.1) is 11.3 Å². The lowest BCUT2D eigenvalue weighted by atomic mass is 9.97. The average molecular weight is 296 g/mol. The highest BCUT2D eigenvalue weighted by Gasteiger charge is 2.18. The van der Waals surface area contributed by atoms with Crippen LogP contribution in [0.25, 0.3) is 10.2 Å². The lowest BCUT2D eigenvalue weighted by Gasteiger charge is -2.11. The number of rotatable bonds is 2. The fraction of sp³-hybridized carbons (Fsp3) is 0.312. The van der Waals surface area contributed by atoms with Gasteiger partial charge >= 0.3 is 0 Å². The predicted molar refractivity (Wildman–Crippen MR) is 83.4 cm³/mol. The molecule has 0 saturated heterocycles. The molecule has 0 amide bonds. The van der Waals surface area contributed by atoms with Crippen molar-refractivity contribution in [1.82, 2.24) is 14.5 Å². The molecule has 3 heterocycles. The zero-order chi connectivity index (χ0) is 14.2. The molecule has 0 unspecified atom stereocenters. The summed E-state index contributed by atoms with van der Waals surface area (Å²) in [5, 5.41) is 9.63. The van der Waals surface area contributed by atoms with Crippen LogP contribution in [-0.2, 0) is 19.4 Å². The van der Waals surface area contributed by atoms with E-state index in [0.29, 0.717) is 12.0 Å². The first-order valence-electron chi connectivity index (χ1n) is 7.26. The van der Waals surface area contributed by atoms with E-state index in [-0.39, 0.29) is 0 Å². The van der Waals surface area contributed by atoms with Crippen LogP contribution in [0.15, 0.2) is 30.9 Å². The highest BCUT2D eigenvalue weighted by Crippen LogP contribution is 2.33. The first kappa shape index (κ1) is 12.7. The van der Waals surface area contributed by atoms with Gasteiger partial charge in [0.05, 0.1) is 18.3 Å². The number of nitrogens with one attached hydrogen (secondary N) is 1. The van der Waals surface area contributed by atoms with Gasteiger partial charge in [-0.3, -0.25) is 10.4 Å². The van der Waals surface area contributed by atoms with Crippen LogP contribution in [0.1, 0.15) is 28.8 Å². The summed E-state index contributed by atoms with van der Waals surface area (Å²) in [5.41, 5.74) is 3.06. The third-order valence-corrected chi connectivity index (χ3v) is 5.27. The molecule has 0 saturated carbocycles. The van der Waals surface area contributed by atoms with Crippen molar-refractivity contribution < 1.29 is 0 Å². The topological polar surface area (TPSA) is 54.6 Å². The lowest BCUT2D eigenvalue weighted by Crippen LogP contribution is -2.22. The summed E-state index contributed by atoms with van der Waals surface area (Å²) >= 11 is 1.77. The standard InChI is InChI=1S/C16H16N4S/c17-15-14-12-5-1-2-6-13(12)21-16(14)19-10-20(15)9-11-4-3-7-18-8-11/h3-4,7-8,10,17H,1-2,5-6,9H2. The maximum absolute atomic E-state index is 8.55. The normalized spacial score (nSPS) is 14.3. The number of fused-ring (bicyclic) bond motifs is 3. The second-order valence-corrected chi connectivity index (χ2v) is 6.56. The summed E-state index contributed by atoms with van der Waals surface area (Å²) in [6, 6.07) is 3.96. The van der Waals surface area contributed by atoms with E-state index in [1.165, 1.54) is 23.3 Å². The van der Waals surface area contributed by atoms with E-state index in [0.717, 1.165) is 28.6 Å². The second kappa shape index (κ2) is 5.07. The average Bonchev–Trinajstić information content (AvgIpc) is 2.90. The number of aromatic nitrogens is 3. The lowest BCUT2D eigenvalue weighted by molar-refractivity contribution is 0.693. The summed E-state index contributed by atoms with van der Waals surface area (Å²) < 4.78 is 1.92. The molecule has 1 aliphatic rings. The molecule has 106 valence electrons. The molecule has 1 aliphatic carbocycles. The number of aryl methyl sites for hydroxylation is 2. The minimum atomic E-state index is 0.586. The van der Waals surface area contributed by atoms with Crippen LogP contribution in [0.2, 0.25) is 0 Å². The SMILES string of the molecule is N=c1c2c3c(sc2ncn1Cc1cccnc1)CCCC3. The molecule has 3 aromatic heterocycles. The Hall–Kier alpha value is -2.01. The molecule has 4 nitrogen and oxygen atoms in total. The van der Waals surface area contributed by atoms with Gasteiger partial charge in [-0.2, -0.15) is 0 Å². The van der Waals surface area contributed by atoms with Crippen LogP contribution in [0.4, 0.5) is 0 Å². The predicted octanol–water partition coefficient (Wildman–Crippen LogP) is 2.90. The summed E-state index contributed by atoms with van der Waals surface area (Å²) in [6.45, 7) is 0.653. The molecular formula is C16H16N4S. The molecule has 5 heteroatoms. The molecule has 0 radical (unpaired) electrons. The van der Waals surface area contributed by atoms with E-state index in [1.807, 2.05) is 22.9 Å². The van der Waals surface area contributed by atoms with Gasteiger partial charge in [0.1, 0.15) is 10.3 Å². The molecule has 0 aromatic carbocycles. The van der Waals surface area contributed by atoms with E-state index < -0.39 is 0 Å². The highest BCUT2D eigenvalue weighted by molar-refractivity contribution is 7.18. The molecule has 1 N–H and O–H groups in total. The largest absolute Gasteiger partial charge is 0.312 e. The van der Waals surface area contributed by atoms with Gasteiger partial charge in [0.2, 0.25) is 0 Å². The van der Waals surface area contributed by atoms with Crippen LogP contribution < -0.4 is 5.49 Å². The maximum Gasteiger partial charge on any atom is 0.136 e. The van der Waals surface area contributed by atoms with E-state index >= 15 is 0 Å². The number of pyridine rings is 1. The Kier molecular flexibility index (Phi) is 3.07. The Morgan fingerprint density at radius 1 is 1.29 bits per heavy atom. The molecule has 21 heavy (non-hydrogen) atoms. The van der Waals surface area contributed by atoms with Gasteiger partial charge in [0.15, 0.2) is 0 Å². The van der Waals surface area contributed by atoms with E-state index in [1.54, 1.807) is 23.9 Å². The van der Waals surface area contributed by atoms with Crippen LogP contribution in [-0.4, -0.2) is 14.5 Å². The number of hydrogen-bond acceptors (Lipinski definition) is 4. The van der Waals surface area contributed by atoms with E-state index in [2.05, 4.69) is 9.97 Å². The molecule has 4 rings (SSSR count). The van der Waals surface area contributed by atoms with Crippen molar-refractivity contribution in [3.63, 3.8) is 0 Å². The van der Waals surface area contributed by atoms with Gasteiger partial charge in [0, 0.05) is 17.3 Å². The third kappa shape index (κ3) is 2.17. The van der Waals surface area contributed by atoms with E-state index in [9.17, 15) is 0 Å². The van der Waals surface area contributed by atoms with Crippen molar-refractivity contribution in [3.8, 4) is 0 Å². The molecular weight excluding hydrogens is 280 g/mol.